The molecule has 5 rings (SSSR count). The Morgan fingerprint density at radius 1 is 1.21 bits per heavy atom. The van der Waals surface area contributed by atoms with Crippen LogP contribution in [-0.4, -0.2) is 20.3 Å². The van der Waals surface area contributed by atoms with Gasteiger partial charge >= 0.3 is 0 Å². The van der Waals surface area contributed by atoms with Gasteiger partial charge in [-0.25, -0.2) is 9.97 Å². The fraction of sp³-hybridized carbons (Fsp3) is 0.227. The Labute approximate surface area is 176 Å². The van der Waals surface area contributed by atoms with Crippen LogP contribution in [0.4, 0.5) is 5.13 Å². The van der Waals surface area contributed by atoms with Gasteiger partial charge in [-0.1, -0.05) is 24.3 Å². The molecule has 1 saturated carbocycles. The Bertz CT molecular complexity index is 1240. The van der Waals surface area contributed by atoms with Crippen molar-refractivity contribution < 1.29 is 4.79 Å². The molecule has 0 bridgehead atoms. The molecule has 0 unspecified atom stereocenters. The predicted octanol–water partition coefficient (Wildman–Crippen LogP) is 5.77. The van der Waals surface area contributed by atoms with E-state index in [2.05, 4.69) is 41.3 Å². The summed E-state index contributed by atoms with van der Waals surface area (Å²) in [4.78, 5) is 23.1. The van der Waals surface area contributed by atoms with Crippen LogP contribution < -0.4 is 5.32 Å². The highest BCUT2D eigenvalue weighted by Crippen LogP contribution is 2.41. The highest BCUT2D eigenvalue weighted by Gasteiger charge is 2.27. The van der Waals surface area contributed by atoms with Gasteiger partial charge in [0.15, 0.2) is 10.1 Å². The Morgan fingerprint density at radius 2 is 2.07 bits per heavy atom. The monoisotopic (exact) mass is 420 g/mol. The van der Waals surface area contributed by atoms with E-state index >= 15 is 0 Å². The van der Waals surface area contributed by atoms with Gasteiger partial charge in [0.2, 0.25) is 0 Å². The number of hydrogen-bond acceptors (Lipinski definition) is 5. The maximum absolute atomic E-state index is 13.1. The molecule has 0 radical (unpaired) electrons. The highest BCUT2D eigenvalue weighted by atomic mass is 32.1. The minimum atomic E-state index is -0.187. The lowest BCUT2D eigenvalue weighted by Crippen LogP contribution is -2.15. The second kappa shape index (κ2) is 7.24. The summed E-state index contributed by atoms with van der Waals surface area (Å²) in [6.07, 6.45) is 8.23. The molecule has 1 amide bonds. The van der Waals surface area contributed by atoms with Crippen molar-refractivity contribution in [2.45, 2.75) is 32.6 Å². The summed E-state index contributed by atoms with van der Waals surface area (Å²) < 4.78 is 1.85. The van der Waals surface area contributed by atoms with Crippen molar-refractivity contribution >= 4 is 50.8 Å². The zero-order valence-electron chi connectivity index (χ0n) is 16.2. The third-order valence-corrected chi connectivity index (χ3v) is 6.84. The molecule has 1 fully saturated rings. The molecule has 0 saturated heterocycles. The molecule has 0 aliphatic heterocycles. The van der Waals surface area contributed by atoms with Crippen LogP contribution in [-0.2, 0) is 0 Å². The van der Waals surface area contributed by atoms with Crippen molar-refractivity contribution in [3.63, 3.8) is 0 Å². The molecule has 7 heteroatoms. The van der Waals surface area contributed by atoms with Gasteiger partial charge in [-0.3, -0.25) is 14.5 Å². The van der Waals surface area contributed by atoms with Crippen molar-refractivity contribution in [2.75, 3.05) is 5.32 Å². The number of nitrogens with zero attached hydrogens (tertiary/aromatic N) is 3. The molecule has 3 heterocycles. The Kier molecular flexibility index (Phi) is 4.56. The number of carbonyl (C=O) groups is 1. The molecular formula is C22H20N4OS2. The van der Waals surface area contributed by atoms with Crippen molar-refractivity contribution in [1.29, 1.82) is 0 Å². The second-order valence-electron chi connectivity index (χ2n) is 7.33. The molecule has 29 heavy (non-hydrogen) atoms. The zero-order chi connectivity index (χ0) is 20.0. The summed E-state index contributed by atoms with van der Waals surface area (Å²) >= 11 is 3.00. The van der Waals surface area contributed by atoms with E-state index in [1.165, 1.54) is 46.6 Å². The van der Waals surface area contributed by atoms with Crippen molar-refractivity contribution in [3.05, 3.63) is 68.9 Å². The Morgan fingerprint density at radius 3 is 2.90 bits per heavy atom. The summed E-state index contributed by atoms with van der Waals surface area (Å²) in [5.74, 6) is 0.389. The first kappa shape index (κ1) is 18.3. The quantitative estimate of drug-likeness (QED) is 0.446. The fourth-order valence-electron chi connectivity index (χ4n) is 3.33. The molecular weight excluding hydrogens is 400 g/mol. The Balaban J connectivity index is 1.47. The lowest BCUT2D eigenvalue weighted by atomic mass is 10.0. The topological polar surface area (TPSA) is 59.3 Å². The third-order valence-electron chi connectivity index (χ3n) is 5.31. The van der Waals surface area contributed by atoms with Crippen LogP contribution in [0.3, 0.4) is 0 Å². The number of anilines is 1. The minimum Gasteiger partial charge on any atom is -0.296 e. The number of benzene rings is 1. The number of thiazole rings is 2. The number of carbonyl (C=O) groups excluding carboxylic acids is 1. The second-order valence-corrected chi connectivity index (χ2v) is 9.06. The third kappa shape index (κ3) is 3.52. The SMILES string of the molecule is Cc1cccc(/C=C/c2nc3sccn3c2C(=O)Nc2nc(C3CC3)cs2)c1C. The summed E-state index contributed by atoms with van der Waals surface area (Å²) in [5.41, 5.74) is 5.88. The van der Waals surface area contributed by atoms with Gasteiger partial charge in [0, 0.05) is 22.9 Å². The number of rotatable bonds is 5. The Hall–Kier alpha value is -2.77. The molecule has 146 valence electrons. The van der Waals surface area contributed by atoms with Crippen LogP contribution in [0.25, 0.3) is 17.1 Å². The zero-order valence-corrected chi connectivity index (χ0v) is 17.8. The van der Waals surface area contributed by atoms with Crippen LogP contribution in [0.2, 0.25) is 0 Å². The van der Waals surface area contributed by atoms with Gasteiger partial charge in [0.1, 0.15) is 5.69 Å². The van der Waals surface area contributed by atoms with E-state index in [-0.39, 0.29) is 5.91 Å². The van der Waals surface area contributed by atoms with Gasteiger partial charge in [0.25, 0.3) is 5.91 Å². The van der Waals surface area contributed by atoms with E-state index < -0.39 is 0 Å². The number of aromatic nitrogens is 3. The smallest absolute Gasteiger partial charge is 0.276 e. The normalized spacial score (nSPS) is 14.1. The van der Waals surface area contributed by atoms with Crippen LogP contribution >= 0.6 is 22.7 Å². The van der Waals surface area contributed by atoms with Crippen molar-refractivity contribution in [3.8, 4) is 0 Å². The molecule has 1 aliphatic carbocycles. The lowest BCUT2D eigenvalue weighted by Gasteiger charge is -2.04. The minimum absolute atomic E-state index is 0.187. The average molecular weight is 421 g/mol. The molecule has 0 atom stereocenters. The van der Waals surface area contributed by atoms with Crippen LogP contribution in [0.1, 0.15) is 57.3 Å². The van der Waals surface area contributed by atoms with Gasteiger partial charge in [-0.2, -0.15) is 0 Å². The van der Waals surface area contributed by atoms with Crippen LogP contribution in [0.15, 0.2) is 35.2 Å². The molecule has 1 aliphatic rings. The number of imidazole rings is 1. The number of nitrogens with one attached hydrogen (secondary N) is 1. The first-order valence-corrected chi connectivity index (χ1v) is 11.3. The van der Waals surface area contributed by atoms with Gasteiger partial charge in [-0.05, 0) is 49.5 Å². The number of fused-ring (bicyclic) bond motifs is 1. The van der Waals surface area contributed by atoms with E-state index in [9.17, 15) is 4.79 Å². The van der Waals surface area contributed by atoms with Crippen LogP contribution in [0.5, 0.6) is 0 Å². The van der Waals surface area contributed by atoms with Gasteiger partial charge < -0.3 is 0 Å². The van der Waals surface area contributed by atoms with Crippen molar-refractivity contribution in [1.82, 2.24) is 14.4 Å². The fourth-order valence-corrected chi connectivity index (χ4v) is 4.84. The number of amides is 1. The van der Waals surface area contributed by atoms with E-state index in [1.807, 2.05) is 39.6 Å². The molecule has 1 aromatic carbocycles. The lowest BCUT2D eigenvalue weighted by molar-refractivity contribution is 0.102. The summed E-state index contributed by atoms with van der Waals surface area (Å²) in [6.45, 7) is 4.20. The standard InChI is InChI=1S/C22H20N4OS2/c1-13-4-3-5-15(14(13)2)8-9-17-19(26-10-11-28-22(26)24-17)20(27)25-21-23-18(12-29-21)16-6-7-16/h3-5,8-12,16H,6-7H2,1-2H3,(H,23,25,27)/b9-8+. The summed E-state index contributed by atoms with van der Waals surface area (Å²) in [7, 11) is 0. The maximum atomic E-state index is 13.1. The molecule has 4 aromatic rings. The number of aryl methyl sites for hydroxylation is 1. The maximum Gasteiger partial charge on any atom is 0.276 e. The van der Waals surface area contributed by atoms with Gasteiger partial charge in [-0.15, -0.1) is 22.7 Å². The first-order chi connectivity index (χ1) is 14.1. The first-order valence-electron chi connectivity index (χ1n) is 9.57. The average Bonchev–Trinajstić information content (AvgIpc) is 3.11. The summed E-state index contributed by atoms with van der Waals surface area (Å²) in [5, 5.41) is 7.59. The van der Waals surface area contributed by atoms with E-state index in [0.717, 1.165) is 16.2 Å². The van der Waals surface area contributed by atoms with Crippen molar-refractivity contribution in [2.24, 2.45) is 0 Å². The number of hydrogen-bond donors (Lipinski definition) is 1. The molecule has 0 spiro atoms. The van der Waals surface area contributed by atoms with E-state index in [4.69, 9.17) is 0 Å². The molecule has 1 N–H and O–H groups in total. The van der Waals surface area contributed by atoms with E-state index in [1.54, 1.807) is 0 Å². The van der Waals surface area contributed by atoms with E-state index in [0.29, 0.717) is 22.4 Å². The molecule has 3 aromatic heterocycles. The highest BCUT2D eigenvalue weighted by molar-refractivity contribution is 7.15. The predicted molar refractivity (Wildman–Crippen MR) is 120 cm³/mol. The molecule has 5 nitrogen and oxygen atoms in total. The van der Waals surface area contributed by atoms with Crippen LogP contribution in [0, 0.1) is 13.8 Å². The summed E-state index contributed by atoms with van der Waals surface area (Å²) in [6, 6.07) is 6.22. The largest absolute Gasteiger partial charge is 0.296 e. The van der Waals surface area contributed by atoms with Gasteiger partial charge in [0.05, 0.1) is 11.4 Å².